The molecule has 0 amide bonds. The summed E-state index contributed by atoms with van der Waals surface area (Å²) in [7, 11) is 0. The van der Waals surface area contributed by atoms with Crippen LogP contribution in [0.3, 0.4) is 0 Å². The number of phenols is 1. The Morgan fingerprint density at radius 2 is 1.83 bits per heavy atom. The summed E-state index contributed by atoms with van der Waals surface area (Å²) in [6.07, 6.45) is 0. The van der Waals surface area contributed by atoms with E-state index in [-0.39, 0.29) is 11.3 Å². The minimum absolute atomic E-state index is 0.0576. The summed E-state index contributed by atoms with van der Waals surface area (Å²) in [6, 6.07) is 14.0. The van der Waals surface area contributed by atoms with Gasteiger partial charge in [-0.15, -0.1) is 0 Å². The van der Waals surface area contributed by atoms with E-state index in [9.17, 15) is 9.90 Å². The van der Waals surface area contributed by atoms with E-state index >= 15 is 0 Å². The first-order valence-electron chi connectivity index (χ1n) is 5.52. The Morgan fingerprint density at radius 3 is 2.61 bits per heavy atom. The second-order valence-corrected chi connectivity index (χ2v) is 3.98. The monoisotopic (exact) mass is 238 g/mol. The van der Waals surface area contributed by atoms with Crippen molar-refractivity contribution < 1.29 is 5.11 Å². The van der Waals surface area contributed by atoms with Crippen molar-refractivity contribution in [3.05, 3.63) is 58.9 Å². The zero-order chi connectivity index (χ0) is 12.5. The highest BCUT2D eigenvalue weighted by atomic mass is 16.3. The van der Waals surface area contributed by atoms with Crippen molar-refractivity contribution in [3.8, 4) is 17.1 Å². The van der Waals surface area contributed by atoms with Gasteiger partial charge in [0.25, 0.3) is 5.56 Å². The van der Waals surface area contributed by atoms with Gasteiger partial charge in [0.15, 0.2) is 0 Å². The predicted molar refractivity (Wildman–Crippen MR) is 69.5 cm³/mol. The Kier molecular flexibility index (Phi) is 2.34. The maximum Gasteiger partial charge on any atom is 0.259 e. The summed E-state index contributed by atoms with van der Waals surface area (Å²) in [5.74, 6) is 0.584. The van der Waals surface area contributed by atoms with Gasteiger partial charge in [-0.2, -0.15) is 0 Å². The molecule has 0 radical (unpaired) electrons. The summed E-state index contributed by atoms with van der Waals surface area (Å²) in [5, 5.41) is 9.74. The third kappa shape index (κ3) is 1.73. The molecule has 4 nitrogen and oxygen atoms in total. The predicted octanol–water partition coefficient (Wildman–Crippen LogP) is 2.30. The highest BCUT2D eigenvalue weighted by molar-refractivity contribution is 5.80. The third-order valence-electron chi connectivity index (χ3n) is 2.74. The molecule has 2 N–H and O–H groups in total. The average molecular weight is 238 g/mol. The molecule has 0 unspecified atom stereocenters. The van der Waals surface area contributed by atoms with Crippen LogP contribution in [0.1, 0.15) is 0 Å². The summed E-state index contributed by atoms with van der Waals surface area (Å²) in [6.45, 7) is 0. The second kappa shape index (κ2) is 4.00. The molecule has 4 heteroatoms. The molecule has 1 aromatic heterocycles. The van der Waals surface area contributed by atoms with Gasteiger partial charge in [-0.3, -0.25) is 4.79 Å². The first-order valence-corrected chi connectivity index (χ1v) is 5.52. The number of nitrogens with one attached hydrogen (secondary N) is 1. The Bertz CT molecular complexity index is 764. The summed E-state index contributed by atoms with van der Waals surface area (Å²) in [5.41, 5.74) is 1.16. The van der Waals surface area contributed by atoms with Crippen molar-refractivity contribution >= 4 is 10.9 Å². The van der Waals surface area contributed by atoms with Gasteiger partial charge in [0.1, 0.15) is 11.6 Å². The van der Waals surface area contributed by atoms with Crippen molar-refractivity contribution in [1.82, 2.24) is 9.97 Å². The number of aromatic amines is 1. The van der Waals surface area contributed by atoms with Gasteiger partial charge < -0.3 is 10.1 Å². The standard InChI is InChI=1S/C14H10N2O2/c17-10-6-7-12-11(8-10)14(18)16-13(15-12)9-4-2-1-3-5-9/h1-8,17H,(H,15,16,18). The van der Waals surface area contributed by atoms with Crippen LogP contribution in [0, 0.1) is 0 Å². The molecule has 2 aromatic carbocycles. The minimum Gasteiger partial charge on any atom is -0.508 e. The Balaban J connectivity index is 2.29. The number of hydrogen-bond donors (Lipinski definition) is 2. The molecule has 0 saturated carbocycles. The van der Waals surface area contributed by atoms with Crippen molar-refractivity contribution in [1.29, 1.82) is 0 Å². The second-order valence-electron chi connectivity index (χ2n) is 3.98. The molecule has 18 heavy (non-hydrogen) atoms. The van der Waals surface area contributed by atoms with E-state index in [2.05, 4.69) is 9.97 Å². The zero-order valence-corrected chi connectivity index (χ0v) is 9.42. The molecule has 0 aliphatic rings. The van der Waals surface area contributed by atoms with Crippen LogP contribution in [0.15, 0.2) is 53.3 Å². The van der Waals surface area contributed by atoms with Gasteiger partial charge >= 0.3 is 0 Å². The van der Waals surface area contributed by atoms with Crippen LogP contribution in [0.25, 0.3) is 22.3 Å². The van der Waals surface area contributed by atoms with Gasteiger partial charge in [0.2, 0.25) is 0 Å². The molecule has 0 bridgehead atoms. The summed E-state index contributed by atoms with van der Waals surface area (Å²) in [4.78, 5) is 19.0. The molecular formula is C14H10N2O2. The Hall–Kier alpha value is -2.62. The number of aromatic nitrogens is 2. The van der Waals surface area contributed by atoms with Crippen LogP contribution < -0.4 is 5.56 Å². The molecule has 0 saturated heterocycles. The molecule has 1 heterocycles. The number of rotatable bonds is 1. The van der Waals surface area contributed by atoms with Crippen molar-refractivity contribution in [2.24, 2.45) is 0 Å². The van der Waals surface area contributed by atoms with Gasteiger partial charge in [0, 0.05) is 5.56 Å². The molecule has 0 aliphatic heterocycles. The van der Waals surface area contributed by atoms with Crippen LogP contribution in [0.4, 0.5) is 0 Å². The van der Waals surface area contributed by atoms with Crippen molar-refractivity contribution in [2.75, 3.05) is 0 Å². The van der Waals surface area contributed by atoms with E-state index in [0.717, 1.165) is 5.56 Å². The number of phenolic OH excluding ortho intramolecular Hbond substituents is 1. The van der Waals surface area contributed by atoms with E-state index in [1.807, 2.05) is 30.3 Å². The Labute approximate surface area is 103 Å². The Morgan fingerprint density at radius 1 is 1.06 bits per heavy atom. The van der Waals surface area contributed by atoms with Crippen LogP contribution >= 0.6 is 0 Å². The number of aromatic hydroxyl groups is 1. The van der Waals surface area contributed by atoms with Gasteiger partial charge in [0.05, 0.1) is 10.9 Å². The lowest BCUT2D eigenvalue weighted by Crippen LogP contribution is -2.09. The van der Waals surface area contributed by atoms with Crippen molar-refractivity contribution in [2.45, 2.75) is 0 Å². The molecule has 88 valence electrons. The van der Waals surface area contributed by atoms with Crippen LogP contribution in [0.2, 0.25) is 0 Å². The van der Waals surface area contributed by atoms with Crippen molar-refractivity contribution in [3.63, 3.8) is 0 Å². The molecule has 3 rings (SSSR count). The molecule has 0 fully saturated rings. The molecule has 0 spiro atoms. The van der Waals surface area contributed by atoms with Gasteiger partial charge in [-0.1, -0.05) is 30.3 Å². The van der Waals surface area contributed by atoms with Crippen LogP contribution in [-0.2, 0) is 0 Å². The summed E-state index contributed by atoms with van der Waals surface area (Å²) < 4.78 is 0. The lowest BCUT2D eigenvalue weighted by molar-refractivity contribution is 0.476. The highest BCUT2D eigenvalue weighted by Gasteiger charge is 2.05. The number of benzene rings is 2. The normalized spacial score (nSPS) is 10.7. The number of fused-ring (bicyclic) bond motifs is 1. The lowest BCUT2D eigenvalue weighted by atomic mass is 10.2. The van der Waals surface area contributed by atoms with E-state index in [1.165, 1.54) is 12.1 Å². The first kappa shape index (κ1) is 10.5. The topological polar surface area (TPSA) is 66.0 Å². The minimum atomic E-state index is -0.255. The van der Waals surface area contributed by atoms with Gasteiger partial charge in [-0.05, 0) is 18.2 Å². The lowest BCUT2D eigenvalue weighted by Gasteiger charge is -2.03. The molecule has 0 aliphatic carbocycles. The fraction of sp³-hybridized carbons (Fsp3) is 0. The third-order valence-corrected chi connectivity index (χ3v) is 2.74. The quantitative estimate of drug-likeness (QED) is 0.683. The van der Waals surface area contributed by atoms with E-state index < -0.39 is 0 Å². The number of hydrogen-bond acceptors (Lipinski definition) is 3. The van der Waals surface area contributed by atoms with Crippen LogP contribution in [-0.4, -0.2) is 15.1 Å². The maximum atomic E-state index is 11.9. The van der Waals surface area contributed by atoms with E-state index in [0.29, 0.717) is 16.7 Å². The zero-order valence-electron chi connectivity index (χ0n) is 9.42. The highest BCUT2D eigenvalue weighted by Crippen LogP contribution is 2.18. The summed E-state index contributed by atoms with van der Waals surface area (Å²) >= 11 is 0. The maximum absolute atomic E-state index is 11.9. The van der Waals surface area contributed by atoms with E-state index in [1.54, 1.807) is 6.07 Å². The SMILES string of the molecule is O=c1[nH]c(-c2ccccc2)nc2ccc(O)cc12. The van der Waals surface area contributed by atoms with Crippen LogP contribution in [0.5, 0.6) is 5.75 Å². The largest absolute Gasteiger partial charge is 0.508 e. The smallest absolute Gasteiger partial charge is 0.259 e. The molecular weight excluding hydrogens is 228 g/mol. The number of nitrogens with zero attached hydrogens (tertiary/aromatic N) is 1. The average Bonchev–Trinajstić information content (AvgIpc) is 2.40. The number of H-pyrrole nitrogens is 1. The molecule has 0 atom stereocenters. The molecule has 3 aromatic rings. The van der Waals surface area contributed by atoms with E-state index in [4.69, 9.17) is 0 Å². The van der Waals surface area contributed by atoms with Gasteiger partial charge in [-0.25, -0.2) is 4.98 Å². The fourth-order valence-corrected chi connectivity index (χ4v) is 1.86. The first-order chi connectivity index (χ1) is 8.74. The fourth-order valence-electron chi connectivity index (χ4n) is 1.86.